The fourth-order valence-corrected chi connectivity index (χ4v) is 2.10. The summed E-state index contributed by atoms with van der Waals surface area (Å²) in [5.41, 5.74) is 0.205. The summed E-state index contributed by atoms with van der Waals surface area (Å²) in [4.78, 5) is 0. The van der Waals surface area contributed by atoms with Gasteiger partial charge in [-0.2, -0.15) is 0 Å². The smallest absolute Gasteiger partial charge is 0.231 e. The van der Waals surface area contributed by atoms with E-state index in [1.54, 1.807) is 0 Å². The van der Waals surface area contributed by atoms with Crippen molar-refractivity contribution in [2.24, 2.45) is 0 Å². The first-order valence-electron chi connectivity index (χ1n) is 6.15. The van der Waals surface area contributed by atoms with E-state index in [1.807, 2.05) is 25.1 Å². The third-order valence-electron chi connectivity index (χ3n) is 3.05. The molecule has 2 rings (SSSR count). The van der Waals surface area contributed by atoms with Crippen molar-refractivity contribution in [3.05, 3.63) is 23.8 Å². The summed E-state index contributed by atoms with van der Waals surface area (Å²) in [5.74, 6) is 1.46. The summed E-state index contributed by atoms with van der Waals surface area (Å²) in [6.07, 6.45) is 1.14. The molecule has 7 heteroatoms. The Morgan fingerprint density at radius 1 is 1.16 bits per heavy atom. The molecule has 0 fully saturated rings. The van der Waals surface area contributed by atoms with Gasteiger partial charge in [0.25, 0.3) is 0 Å². The molecule has 1 aromatic carbocycles. The highest BCUT2D eigenvalue weighted by atomic mass is 16.7. The molecule has 0 amide bonds. The highest BCUT2D eigenvalue weighted by Crippen LogP contribution is 2.33. The molecule has 1 unspecified atom stereocenters. The number of fused-ring (bicyclic) bond motifs is 1. The third-order valence-corrected chi connectivity index (χ3v) is 3.05. The van der Waals surface area contributed by atoms with Crippen LogP contribution in [0.25, 0.3) is 0 Å². The third kappa shape index (κ3) is 3.75. The van der Waals surface area contributed by atoms with Crippen LogP contribution in [0.4, 0.5) is 0 Å². The van der Waals surface area contributed by atoms with Gasteiger partial charge in [0.2, 0.25) is 6.79 Å². The molecule has 1 atom stereocenters. The predicted molar refractivity (Wildman–Crippen MR) is 78.2 cm³/mol. The lowest BCUT2D eigenvalue weighted by molar-refractivity contribution is 0.174. The summed E-state index contributed by atoms with van der Waals surface area (Å²) in [6, 6.07) is 5.68. The van der Waals surface area contributed by atoms with Crippen molar-refractivity contribution in [3.8, 4) is 11.5 Å². The molecule has 0 aliphatic carbocycles. The Bertz CT molecular complexity index is 464. The van der Waals surface area contributed by atoms with Gasteiger partial charge in [-0.15, -0.1) is 0 Å². The second-order valence-electron chi connectivity index (χ2n) is 4.93. The Morgan fingerprint density at radius 3 is 2.47 bits per heavy atom. The molecule has 19 heavy (non-hydrogen) atoms. The largest absolute Gasteiger partial charge is 0.454 e. The fraction of sp³-hybridized carbons (Fsp3) is 0.500. The minimum Gasteiger partial charge on any atom is -0.454 e. The zero-order chi connectivity index (χ0) is 14.1. The van der Waals surface area contributed by atoms with Gasteiger partial charge < -0.3 is 14.8 Å². The number of hydrogen-bond donors (Lipinski definition) is 1. The quantitative estimate of drug-likeness (QED) is 0.739. The number of rotatable bonds is 5. The van der Waals surface area contributed by atoms with Crippen molar-refractivity contribution in [1.29, 1.82) is 0 Å². The molecule has 1 N–H and O–H groups in total. The Hall–Kier alpha value is -0.960. The normalized spacial score (nSPS) is 17.1. The number of nitrogens with one attached hydrogen (secondary N) is 1. The van der Waals surface area contributed by atoms with Gasteiger partial charge in [0.1, 0.15) is 0 Å². The topological polar surface area (TPSA) is 30.5 Å². The maximum atomic E-state index is 6.24. The Kier molecular flexibility index (Phi) is 3.95. The molecule has 0 aromatic heterocycles. The maximum Gasteiger partial charge on any atom is 0.231 e. The molecular formula is C12H13B4NO2. The van der Waals surface area contributed by atoms with Crippen molar-refractivity contribution in [2.45, 2.75) is 30.4 Å². The Labute approximate surface area is 119 Å². The molecule has 0 saturated heterocycles. The van der Waals surface area contributed by atoms with Crippen molar-refractivity contribution >= 4 is 31.4 Å². The van der Waals surface area contributed by atoms with Crippen LogP contribution in [-0.4, -0.2) is 48.9 Å². The summed E-state index contributed by atoms with van der Waals surface area (Å²) < 4.78 is 10.6. The van der Waals surface area contributed by atoms with Crippen LogP contribution in [0.1, 0.15) is 18.9 Å². The van der Waals surface area contributed by atoms with Gasteiger partial charge in [-0.3, -0.25) is 0 Å². The van der Waals surface area contributed by atoms with E-state index in [1.165, 1.54) is 0 Å². The lowest BCUT2D eigenvalue weighted by Crippen LogP contribution is -2.60. The predicted octanol–water partition coefficient (Wildman–Crippen LogP) is -0.0610. The molecule has 1 aliphatic heterocycles. The molecule has 1 heterocycles. The highest BCUT2D eigenvalue weighted by Gasteiger charge is 2.26. The van der Waals surface area contributed by atoms with E-state index in [0.29, 0.717) is 12.8 Å². The molecule has 1 aromatic rings. The average Bonchev–Trinajstić information content (AvgIpc) is 2.73. The molecule has 0 bridgehead atoms. The van der Waals surface area contributed by atoms with Crippen LogP contribution < -0.4 is 14.8 Å². The van der Waals surface area contributed by atoms with E-state index < -0.39 is 10.7 Å². The van der Waals surface area contributed by atoms with Gasteiger partial charge in [-0.1, -0.05) is 18.2 Å². The van der Waals surface area contributed by atoms with E-state index in [9.17, 15) is 0 Å². The van der Waals surface area contributed by atoms with Gasteiger partial charge in [-0.05, 0) is 36.0 Å². The average molecular weight is 246 g/mol. The maximum absolute atomic E-state index is 6.24. The Balaban J connectivity index is 2.14. The summed E-state index contributed by atoms with van der Waals surface area (Å²) in [7, 11) is 22.9. The van der Waals surface area contributed by atoms with Crippen LogP contribution >= 0.6 is 0 Å². The van der Waals surface area contributed by atoms with Crippen molar-refractivity contribution in [1.82, 2.24) is 5.32 Å². The lowest BCUT2D eigenvalue weighted by Gasteiger charge is -2.39. The van der Waals surface area contributed by atoms with Gasteiger partial charge in [0.05, 0.1) is 31.4 Å². The van der Waals surface area contributed by atoms with E-state index in [4.69, 9.17) is 40.9 Å². The van der Waals surface area contributed by atoms with Crippen LogP contribution in [0.2, 0.25) is 0 Å². The summed E-state index contributed by atoms with van der Waals surface area (Å²) in [6.45, 7) is 2.18. The van der Waals surface area contributed by atoms with Crippen LogP contribution in [0.15, 0.2) is 18.2 Å². The van der Waals surface area contributed by atoms with Crippen molar-refractivity contribution in [2.75, 3.05) is 6.79 Å². The van der Waals surface area contributed by atoms with Gasteiger partial charge in [0.15, 0.2) is 11.5 Å². The zero-order valence-electron chi connectivity index (χ0n) is 11.0. The van der Waals surface area contributed by atoms with Crippen LogP contribution in [0, 0.1) is 0 Å². The van der Waals surface area contributed by atoms with Crippen LogP contribution in [0.3, 0.4) is 0 Å². The molecule has 1 aliphatic rings. The first kappa shape index (κ1) is 14.4. The zero-order valence-corrected chi connectivity index (χ0v) is 11.0. The highest BCUT2D eigenvalue weighted by molar-refractivity contribution is 6.59. The van der Waals surface area contributed by atoms with Crippen molar-refractivity contribution in [3.63, 3.8) is 0 Å². The molecular weight excluding hydrogens is 233 g/mol. The van der Waals surface area contributed by atoms with Crippen molar-refractivity contribution < 1.29 is 9.47 Å². The van der Waals surface area contributed by atoms with Gasteiger partial charge in [0, 0.05) is 0 Å². The Morgan fingerprint density at radius 2 is 1.84 bits per heavy atom. The number of hydrogen-bond acceptors (Lipinski definition) is 3. The first-order valence-corrected chi connectivity index (χ1v) is 6.15. The van der Waals surface area contributed by atoms with Gasteiger partial charge >= 0.3 is 0 Å². The minimum absolute atomic E-state index is 0.246. The second kappa shape index (κ2) is 5.20. The molecule has 3 nitrogen and oxygen atoms in total. The number of ether oxygens (including phenoxy) is 2. The molecule has 0 spiro atoms. The van der Waals surface area contributed by atoms with E-state index in [2.05, 4.69) is 5.32 Å². The van der Waals surface area contributed by atoms with Crippen LogP contribution in [0.5, 0.6) is 11.5 Å². The molecule has 8 radical (unpaired) electrons. The van der Waals surface area contributed by atoms with E-state index in [0.717, 1.165) is 17.1 Å². The monoisotopic (exact) mass is 247 g/mol. The standard InChI is InChI=1S/C12H13B4NO2/c1-2-11(13,17-12(14,15)16)6-8-3-4-9-10(5-8)19-7-18-9/h3-5,17H,2,6-7H2,1H3. The van der Waals surface area contributed by atoms with Gasteiger partial charge in [-0.25, -0.2) is 0 Å². The van der Waals surface area contributed by atoms with E-state index in [-0.39, 0.29) is 6.79 Å². The SMILES string of the molecule is [B]C([B])([B])NC([B])(CC)Cc1ccc2c(c1)OCO2. The molecule has 90 valence electrons. The number of benzene rings is 1. The first-order chi connectivity index (χ1) is 8.81. The fourth-order valence-electron chi connectivity index (χ4n) is 2.10. The lowest BCUT2D eigenvalue weighted by atomic mass is 9.47. The van der Waals surface area contributed by atoms with E-state index >= 15 is 0 Å². The second-order valence-corrected chi connectivity index (χ2v) is 4.93. The van der Waals surface area contributed by atoms with Crippen LogP contribution in [-0.2, 0) is 6.42 Å². The minimum atomic E-state index is -1.51. The summed E-state index contributed by atoms with van der Waals surface area (Å²) in [5, 5.41) is 1.32. The molecule has 0 saturated carbocycles. The summed E-state index contributed by atoms with van der Waals surface area (Å²) >= 11 is 0.